The van der Waals surface area contributed by atoms with E-state index in [4.69, 9.17) is 5.73 Å². The monoisotopic (exact) mass is 159 g/mol. The fourth-order valence-corrected chi connectivity index (χ4v) is 0.553. The number of nitrogens with one attached hydrogen (secondary N) is 1. The molecule has 0 aliphatic rings. The number of hydrogen-bond acceptors (Lipinski definition) is 3. The zero-order valence-corrected chi connectivity index (χ0v) is 6.48. The number of anilines is 2. The van der Waals surface area contributed by atoms with Crippen molar-refractivity contribution >= 4 is 23.9 Å². The van der Waals surface area contributed by atoms with E-state index >= 15 is 0 Å². The lowest BCUT2D eigenvalue weighted by molar-refractivity contribution is 1.29. The second kappa shape index (κ2) is 3.95. The number of nitrogens with two attached hydrogens (primary N) is 1. The van der Waals surface area contributed by atoms with Gasteiger partial charge in [0.15, 0.2) is 0 Å². The molecule has 0 unspecified atom stereocenters. The molecule has 0 aromatic carbocycles. The predicted molar refractivity (Wildman–Crippen MR) is 45.4 cm³/mol. The summed E-state index contributed by atoms with van der Waals surface area (Å²) >= 11 is 0. The highest BCUT2D eigenvalue weighted by molar-refractivity contribution is 5.85. The highest BCUT2D eigenvalue weighted by Gasteiger charge is 1.85. The van der Waals surface area contributed by atoms with E-state index in [1.165, 1.54) is 0 Å². The molecule has 3 nitrogen and oxygen atoms in total. The largest absolute Gasteiger partial charge is 0.397 e. The molecule has 4 heteroatoms. The summed E-state index contributed by atoms with van der Waals surface area (Å²) < 4.78 is 0. The summed E-state index contributed by atoms with van der Waals surface area (Å²) in [6, 6.07) is 3.63. The van der Waals surface area contributed by atoms with Crippen LogP contribution in [0.3, 0.4) is 0 Å². The van der Waals surface area contributed by atoms with Crippen molar-refractivity contribution in [3.8, 4) is 0 Å². The maximum atomic E-state index is 5.39. The van der Waals surface area contributed by atoms with Gasteiger partial charge in [-0.1, -0.05) is 0 Å². The molecule has 10 heavy (non-hydrogen) atoms. The summed E-state index contributed by atoms with van der Waals surface area (Å²) in [5.74, 6) is 0.837. The smallest absolute Gasteiger partial charge is 0.125 e. The van der Waals surface area contributed by atoms with Gasteiger partial charge in [-0.2, -0.15) is 0 Å². The summed E-state index contributed by atoms with van der Waals surface area (Å²) in [5.41, 5.74) is 6.08. The molecule has 0 aliphatic heterocycles. The molecule has 1 heterocycles. The molecular weight excluding hydrogens is 150 g/mol. The SMILES string of the molecule is CNc1ccc(N)cn1.Cl. The van der Waals surface area contributed by atoms with Gasteiger partial charge >= 0.3 is 0 Å². The molecule has 0 amide bonds. The molecule has 1 aromatic heterocycles. The number of nitrogen functional groups attached to an aromatic ring is 1. The molecule has 0 atom stereocenters. The summed E-state index contributed by atoms with van der Waals surface area (Å²) in [6.07, 6.45) is 1.62. The van der Waals surface area contributed by atoms with Gasteiger partial charge in [-0.3, -0.25) is 0 Å². The Kier molecular flexibility index (Phi) is 3.57. The van der Waals surface area contributed by atoms with Gasteiger partial charge in [-0.15, -0.1) is 12.4 Å². The summed E-state index contributed by atoms with van der Waals surface area (Å²) in [5, 5.41) is 2.89. The first-order chi connectivity index (χ1) is 4.33. The number of hydrogen-bond donors (Lipinski definition) is 2. The maximum Gasteiger partial charge on any atom is 0.125 e. The number of aromatic nitrogens is 1. The third-order valence-corrected chi connectivity index (χ3v) is 1.04. The van der Waals surface area contributed by atoms with Gasteiger partial charge in [0.05, 0.1) is 11.9 Å². The average molecular weight is 160 g/mol. The minimum absolute atomic E-state index is 0. The van der Waals surface area contributed by atoms with E-state index in [2.05, 4.69) is 10.3 Å². The summed E-state index contributed by atoms with van der Waals surface area (Å²) in [4.78, 5) is 3.96. The molecule has 1 aromatic rings. The van der Waals surface area contributed by atoms with Gasteiger partial charge in [0.25, 0.3) is 0 Å². The van der Waals surface area contributed by atoms with E-state index in [1.807, 2.05) is 13.1 Å². The molecular formula is C6H10ClN3. The van der Waals surface area contributed by atoms with Crippen LogP contribution < -0.4 is 11.1 Å². The van der Waals surface area contributed by atoms with Crippen molar-refractivity contribution in [3.63, 3.8) is 0 Å². The molecule has 0 spiro atoms. The van der Waals surface area contributed by atoms with Crippen molar-refractivity contribution in [2.24, 2.45) is 0 Å². The number of halogens is 1. The van der Waals surface area contributed by atoms with Crippen LogP contribution in [0.5, 0.6) is 0 Å². The Balaban J connectivity index is 0.000000810. The maximum absolute atomic E-state index is 5.39. The van der Waals surface area contributed by atoms with E-state index in [-0.39, 0.29) is 12.4 Å². The van der Waals surface area contributed by atoms with E-state index in [0.717, 1.165) is 5.82 Å². The lowest BCUT2D eigenvalue weighted by Gasteiger charge is -1.96. The number of rotatable bonds is 1. The van der Waals surface area contributed by atoms with Gasteiger partial charge in [-0.05, 0) is 12.1 Å². The van der Waals surface area contributed by atoms with Crippen molar-refractivity contribution in [1.82, 2.24) is 4.98 Å². The fourth-order valence-electron chi connectivity index (χ4n) is 0.553. The quantitative estimate of drug-likeness (QED) is 0.646. The molecule has 0 radical (unpaired) electrons. The Morgan fingerprint density at radius 2 is 2.20 bits per heavy atom. The fraction of sp³-hybridized carbons (Fsp3) is 0.167. The first kappa shape index (κ1) is 9.04. The van der Waals surface area contributed by atoms with Crippen LogP contribution in [0.25, 0.3) is 0 Å². The molecule has 0 fully saturated rings. The highest BCUT2D eigenvalue weighted by atomic mass is 35.5. The first-order valence-corrected chi connectivity index (χ1v) is 2.72. The van der Waals surface area contributed by atoms with Crippen LogP contribution in [0.15, 0.2) is 18.3 Å². The van der Waals surface area contributed by atoms with E-state index < -0.39 is 0 Å². The Morgan fingerprint density at radius 3 is 2.60 bits per heavy atom. The topological polar surface area (TPSA) is 50.9 Å². The van der Waals surface area contributed by atoms with E-state index in [9.17, 15) is 0 Å². The highest BCUT2D eigenvalue weighted by Crippen LogP contribution is 2.03. The third-order valence-electron chi connectivity index (χ3n) is 1.04. The molecule has 0 saturated heterocycles. The Bertz CT molecular complexity index is 185. The zero-order chi connectivity index (χ0) is 6.69. The van der Waals surface area contributed by atoms with Crippen LogP contribution in [-0.4, -0.2) is 12.0 Å². The van der Waals surface area contributed by atoms with Gasteiger partial charge in [-0.25, -0.2) is 4.98 Å². The Labute approximate surface area is 66.1 Å². The lowest BCUT2D eigenvalue weighted by Crippen LogP contribution is -1.92. The van der Waals surface area contributed by atoms with Crippen LogP contribution in [0.2, 0.25) is 0 Å². The summed E-state index contributed by atoms with van der Waals surface area (Å²) in [6.45, 7) is 0. The van der Waals surface area contributed by atoms with Crippen LogP contribution in [0.1, 0.15) is 0 Å². The van der Waals surface area contributed by atoms with Crippen molar-refractivity contribution < 1.29 is 0 Å². The van der Waals surface area contributed by atoms with Crippen LogP contribution >= 0.6 is 12.4 Å². The standard InChI is InChI=1S/C6H9N3.ClH/c1-8-6-3-2-5(7)4-9-6;/h2-4H,7H2,1H3,(H,8,9);1H. The normalized spacial score (nSPS) is 8.10. The summed E-state index contributed by atoms with van der Waals surface area (Å²) in [7, 11) is 1.82. The number of pyridine rings is 1. The third kappa shape index (κ3) is 2.11. The molecule has 0 saturated carbocycles. The minimum atomic E-state index is 0. The molecule has 56 valence electrons. The van der Waals surface area contributed by atoms with Crippen molar-refractivity contribution in [3.05, 3.63) is 18.3 Å². The molecule has 3 N–H and O–H groups in total. The van der Waals surface area contributed by atoms with Crippen molar-refractivity contribution in [2.75, 3.05) is 18.1 Å². The minimum Gasteiger partial charge on any atom is -0.397 e. The van der Waals surface area contributed by atoms with Gasteiger partial charge in [0.1, 0.15) is 5.82 Å². The van der Waals surface area contributed by atoms with E-state index in [1.54, 1.807) is 12.3 Å². The Morgan fingerprint density at radius 1 is 1.50 bits per heavy atom. The predicted octanol–water partition coefficient (Wildman–Crippen LogP) is 1.13. The average Bonchev–Trinajstić information content (AvgIpc) is 1.90. The van der Waals surface area contributed by atoms with Gasteiger partial charge < -0.3 is 11.1 Å². The molecule has 0 aliphatic carbocycles. The second-order valence-corrected chi connectivity index (χ2v) is 1.73. The van der Waals surface area contributed by atoms with Gasteiger partial charge in [0.2, 0.25) is 0 Å². The van der Waals surface area contributed by atoms with Crippen LogP contribution in [0.4, 0.5) is 11.5 Å². The zero-order valence-electron chi connectivity index (χ0n) is 5.66. The van der Waals surface area contributed by atoms with Crippen molar-refractivity contribution in [2.45, 2.75) is 0 Å². The number of nitrogens with zero attached hydrogens (tertiary/aromatic N) is 1. The lowest BCUT2D eigenvalue weighted by atomic mass is 10.4. The second-order valence-electron chi connectivity index (χ2n) is 1.73. The van der Waals surface area contributed by atoms with E-state index in [0.29, 0.717) is 5.69 Å². The molecule has 1 rings (SSSR count). The first-order valence-electron chi connectivity index (χ1n) is 2.72. The van der Waals surface area contributed by atoms with Gasteiger partial charge in [0, 0.05) is 7.05 Å². The Hall–Kier alpha value is -0.960. The van der Waals surface area contributed by atoms with Crippen molar-refractivity contribution in [1.29, 1.82) is 0 Å². The van der Waals surface area contributed by atoms with Crippen LogP contribution in [-0.2, 0) is 0 Å². The molecule has 0 bridgehead atoms. The van der Waals surface area contributed by atoms with Crippen LogP contribution in [0, 0.1) is 0 Å².